The second-order valence-electron chi connectivity index (χ2n) is 7.39. The highest BCUT2D eigenvalue weighted by molar-refractivity contribution is 6.30. The standard InChI is InChI=1S/C23H22ClN5O/c24-19-2-1-3-21(13-19)29-11-10-28(16-23(29)30)9-8-22-26-15-20(27-22)12-17-4-6-18(14-25)7-5-17/h1-7,13,15H,8-12,16H2,(H,26,27). The number of benzene rings is 2. The zero-order valence-electron chi connectivity index (χ0n) is 16.5. The average Bonchev–Trinajstić information content (AvgIpc) is 3.20. The maximum atomic E-state index is 12.6. The van der Waals surface area contributed by atoms with E-state index in [-0.39, 0.29) is 5.91 Å². The Morgan fingerprint density at radius 1 is 1.17 bits per heavy atom. The number of piperazine rings is 1. The van der Waals surface area contributed by atoms with Crippen molar-refractivity contribution in [2.75, 3.05) is 31.1 Å². The predicted molar refractivity (Wildman–Crippen MR) is 116 cm³/mol. The summed E-state index contributed by atoms with van der Waals surface area (Å²) in [6.07, 6.45) is 3.36. The zero-order valence-corrected chi connectivity index (χ0v) is 17.3. The summed E-state index contributed by atoms with van der Waals surface area (Å²) in [5.74, 6) is 1.01. The lowest BCUT2D eigenvalue weighted by atomic mass is 10.1. The summed E-state index contributed by atoms with van der Waals surface area (Å²) in [6.45, 7) is 2.64. The Morgan fingerprint density at radius 3 is 2.73 bits per heavy atom. The number of rotatable bonds is 6. The van der Waals surface area contributed by atoms with Gasteiger partial charge in [-0.15, -0.1) is 0 Å². The van der Waals surface area contributed by atoms with Gasteiger partial charge in [0.05, 0.1) is 18.2 Å². The van der Waals surface area contributed by atoms with Crippen LogP contribution in [0.5, 0.6) is 0 Å². The van der Waals surface area contributed by atoms with E-state index in [2.05, 4.69) is 20.9 Å². The van der Waals surface area contributed by atoms with E-state index in [9.17, 15) is 4.79 Å². The number of hydrogen-bond acceptors (Lipinski definition) is 4. The van der Waals surface area contributed by atoms with Crippen molar-refractivity contribution in [3.8, 4) is 6.07 Å². The number of nitriles is 1. The van der Waals surface area contributed by atoms with Gasteiger partial charge in [0.2, 0.25) is 5.91 Å². The Morgan fingerprint density at radius 2 is 2.00 bits per heavy atom. The van der Waals surface area contributed by atoms with Crippen molar-refractivity contribution in [1.29, 1.82) is 5.26 Å². The molecule has 0 unspecified atom stereocenters. The highest BCUT2D eigenvalue weighted by atomic mass is 35.5. The summed E-state index contributed by atoms with van der Waals surface area (Å²) in [6, 6.07) is 17.1. The molecule has 0 spiro atoms. The fraction of sp³-hybridized carbons (Fsp3) is 0.261. The SMILES string of the molecule is N#Cc1ccc(Cc2cnc(CCN3CCN(c4cccc(Cl)c4)C(=O)C3)[nH]2)cc1. The minimum Gasteiger partial charge on any atom is -0.346 e. The van der Waals surface area contributed by atoms with Crippen LogP contribution in [0.2, 0.25) is 5.02 Å². The van der Waals surface area contributed by atoms with Crippen LogP contribution in [-0.2, 0) is 17.6 Å². The van der Waals surface area contributed by atoms with Crippen LogP contribution in [0.4, 0.5) is 5.69 Å². The Hall–Kier alpha value is -3.14. The number of carbonyl (C=O) groups excluding carboxylic acids is 1. The Bertz CT molecular complexity index is 1070. The molecule has 30 heavy (non-hydrogen) atoms. The molecular weight excluding hydrogens is 398 g/mol. The van der Waals surface area contributed by atoms with Gasteiger partial charge in [-0.1, -0.05) is 29.8 Å². The van der Waals surface area contributed by atoms with E-state index in [1.165, 1.54) is 0 Å². The van der Waals surface area contributed by atoms with Gasteiger partial charge in [-0.25, -0.2) is 4.98 Å². The minimum atomic E-state index is 0.0875. The molecule has 2 heterocycles. The molecule has 0 radical (unpaired) electrons. The highest BCUT2D eigenvalue weighted by Crippen LogP contribution is 2.21. The molecule has 0 aliphatic carbocycles. The maximum absolute atomic E-state index is 12.6. The van der Waals surface area contributed by atoms with Gasteiger partial charge in [0.15, 0.2) is 0 Å². The first-order chi connectivity index (χ1) is 14.6. The molecule has 1 aromatic heterocycles. The number of imidazole rings is 1. The van der Waals surface area contributed by atoms with Crippen LogP contribution in [-0.4, -0.2) is 47.0 Å². The third-order valence-electron chi connectivity index (χ3n) is 5.24. The number of nitrogens with zero attached hydrogens (tertiary/aromatic N) is 4. The Kier molecular flexibility index (Phi) is 6.12. The number of hydrogen-bond donors (Lipinski definition) is 1. The van der Waals surface area contributed by atoms with Crippen LogP contribution in [0.15, 0.2) is 54.7 Å². The van der Waals surface area contributed by atoms with Crippen molar-refractivity contribution in [2.24, 2.45) is 0 Å². The molecule has 4 rings (SSSR count). The van der Waals surface area contributed by atoms with E-state index in [1.807, 2.05) is 54.7 Å². The molecule has 7 heteroatoms. The van der Waals surface area contributed by atoms with E-state index < -0.39 is 0 Å². The van der Waals surface area contributed by atoms with Crippen LogP contribution >= 0.6 is 11.6 Å². The highest BCUT2D eigenvalue weighted by Gasteiger charge is 2.25. The van der Waals surface area contributed by atoms with Gasteiger partial charge in [0.1, 0.15) is 5.82 Å². The van der Waals surface area contributed by atoms with Crippen molar-refractivity contribution >= 4 is 23.2 Å². The molecular formula is C23H22ClN5O. The van der Waals surface area contributed by atoms with E-state index in [0.717, 1.165) is 48.7 Å². The van der Waals surface area contributed by atoms with Crippen molar-refractivity contribution in [3.63, 3.8) is 0 Å². The van der Waals surface area contributed by atoms with Gasteiger partial charge in [-0.2, -0.15) is 5.26 Å². The number of aromatic nitrogens is 2. The van der Waals surface area contributed by atoms with E-state index in [1.54, 1.807) is 4.90 Å². The number of anilines is 1. The quantitative estimate of drug-likeness (QED) is 0.664. The molecule has 0 bridgehead atoms. The molecule has 1 N–H and O–H groups in total. The summed E-state index contributed by atoms with van der Waals surface area (Å²) in [7, 11) is 0. The van der Waals surface area contributed by atoms with Gasteiger partial charge in [-0.3, -0.25) is 9.69 Å². The predicted octanol–water partition coefficient (Wildman–Crippen LogP) is 3.42. The van der Waals surface area contributed by atoms with Crippen molar-refractivity contribution in [1.82, 2.24) is 14.9 Å². The molecule has 1 aliphatic heterocycles. The van der Waals surface area contributed by atoms with E-state index in [4.69, 9.17) is 16.9 Å². The Balaban J connectivity index is 1.28. The van der Waals surface area contributed by atoms with Gasteiger partial charge >= 0.3 is 0 Å². The monoisotopic (exact) mass is 419 g/mol. The summed E-state index contributed by atoms with van der Waals surface area (Å²) in [4.78, 5) is 24.4. The molecule has 1 saturated heterocycles. The van der Waals surface area contributed by atoms with Crippen molar-refractivity contribution in [3.05, 3.63) is 82.4 Å². The molecule has 1 fully saturated rings. The van der Waals surface area contributed by atoms with Crippen LogP contribution in [0, 0.1) is 11.3 Å². The van der Waals surface area contributed by atoms with Gasteiger partial charge in [-0.05, 0) is 35.9 Å². The molecule has 0 atom stereocenters. The largest absolute Gasteiger partial charge is 0.346 e. The minimum absolute atomic E-state index is 0.0875. The maximum Gasteiger partial charge on any atom is 0.241 e. The zero-order chi connectivity index (χ0) is 20.9. The second-order valence-corrected chi connectivity index (χ2v) is 7.83. The van der Waals surface area contributed by atoms with Crippen molar-refractivity contribution in [2.45, 2.75) is 12.8 Å². The first-order valence-corrected chi connectivity index (χ1v) is 10.3. The lowest BCUT2D eigenvalue weighted by Gasteiger charge is -2.34. The number of H-pyrrole nitrogens is 1. The number of halogens is 1. The molecule has 6 nitrogen and oxygen atoms in total. The summed E-state index contributed by atoms with van der Waals surface area (Å²) in [5.41, 5.74) is 3.68. The van der Waals surface area contributed by atoms with Crippen LogP contribution in [0.3, 0.4) is 0 Å². The van der Waals surface area contributed by atoms with Gasteiger partial charge < -0.3 is 9.88 Å². The van der Waals surface area contributed by atoms with Crippen LogP contribution in [0.1, 0.15) is 22.6 Å². The van der Waals surface area contributed by atoms with Crippen molar-refractivity contribution < 1.29 is 4.79 Å². The van der Waals surface area contributed by atoms with Crippen LogP contribution in [0.25, 0.3) is 0 Å². The fourth-order valence-electron chi connectivity index (χ4n) is 3.63. The number of amides is 1. The number of nitrogens with one attached hydrogen (secondary N) is 1. The molecule has 152 valence electrons. The van der Waals surface area contributed by atoms with Gasteiger partial charge in [0, 0.05) is 55.1 Å². The molecule has 0 saturated carbocycles. The number of carbonyl (C=O) groups is 1. The lowest BCUT2D eigenvalue weighted by molar-refractivity contribution is -0.121. The lowest BCUT2D eigenvalue weighted by Crippen LogP contribution is -2.51. The summed E-state index contributed by atoms with van der Waals surface area (Å²) < 4.78 is 0. The normalized spacial score (nSPS) is 14.7. The van der Waals surface area contributed by atoms with Gasteiger partial charge in [0.25, 0.3) is 0 Å². The van der Waals surface area contributed by atoms with E-state index >= 15 is 0 Å². The second kappa shape index (κ2) is 9.12. The molecule has 3 aromatic rings. The molecule has 1 amide bonds. The third kappa shape index (κ3) is 4.88. The van der Waals surface area contributed by atoms with Crippen LogP contribution < -0.4 is 4.90 Å². The molecule has 1 aliphatic rings. The Labute approximate surface area is 180 Å². The third-order valence-corrected chi connectivity index (χ3v) is 5.48. The topological polar surface area (TPSA) is 76.0 Å². The van der Waals surface area contributed by atoms with E-state index in [0.29, 0.717) is 23.7 Å². The summed E-state index contributed by atoms with van der Waals surface area (Å²) >= 11 is 6.05. The first-order valence-electron chi connectivity index (χ1n) is 9.91. The fourth-order valence-corrected chi connectivity index (χ4v) is 3.82. The smallest absolute Gasteiger partial charge is 0.241 e. The first kappa shape index (κ1) is 20.1. The number of aromatic amines is 1. The summed E-state index contributed by atoms with van der Waals surface area (Å²) in [5, 5.41) is 9.53. The molecule has 2 aromatic carbocycles. The average molecular weight is 420 g/mol.